The highest BCUT2D eigenvalue weighted by Gasteiger charge is 2.48. The summed E-state index contributed by atoms with van der Waals surface area (Å²) in [5, 5.41) is 9.36. The van der Waals surface area contributed by atoms with Gasteiger partial charge in [-0.05, 0) is 42.3 Å². The van der Waals surface area contributed by atoms with Crippen LogP contribution >= 0.6 is 0 Å². The summed E-state index contributed by atoms with van der Waals surface area (Å²) < 4.78 is 29.5. The van der Waals surface area contributed by atoms with Crippen LogP contribution in [0.1, 0.15) is 23.6 Å². The van der Waals surface area contributed by atoms with Crippen molar-refractivity contribution in [1.29, 1.82) is 5.26 Å². The molecule has 2 aromatic carbocycles. The molecule has 1 atom stereocenters. The molecule has 6 nitrogen and oxygen atoms in total. The summed E-state index contributed by atoms with van der Waals surface area (Å²) in [4.78, 5) is 29.1. The smallest absolute Gasteiger partial charge is 0.387 e. The lowest BCUT2D eigenvalue weighted by molar-refractivity contribution is -0.155. The first-order valence-corrected chi connectivity index (χ1v) is 9.48. The summed E-state index contributed by atoms with van der Waals surface area (Å²) in [6.45, 7) is -1.33. The van der Waals surface area contributed by atoms with Crippen LogP contribution < -0.4 is 4.74 Å². The van der Waals surface area contributed by atoms with Gasteiger partial charge in [-0.2, -0.15) is 14.0 Å². The Morgan fingerprint density at radius 1 is 1.16 bits per heavy atom. The van der Waals surface area contributed by atoms with Gasteiger partial charge in [0, 0.05) is 20.5 Å². The third-order valence-corrected chi connectivity index (χ3v) is 5.44. The molecule has 3 rings (SSSR count). The Bertz CT molecular complexity index is 1080. The molecule has 0 radical (unpaired) electrons. The van der Waals surface area contributed by atoms with Gasteiger partial charge in [-0.15, -0.1) is 0 Å². The minimum atomic E-state index is -3.03. The van der Waals surface area contributed by atoms with Gasteiger partial charge in [0.2, 0.25) is 0 Å². The molecular weight excluding hydrogens is 404 g/mol. The number of rotatable bonds is 5. The van der Waals surface area contributed by atoms with Crippen molar-refractivity contribution in [2.45, 2.75) is 25.5 Å². The molecule has 1 fully saturated rings. The Hall–Kier alpha value is -3.73. The second kappa shape index (κ2) is 8.56. The van der Waals surface area contributed by atoms with E-state index in [1.807, 2.05) is 36.4 Å². The maximum absolute atomic E-state index is 13.3. The molecule has 1 heterocycles. The SMILES string of the molecule is CN1C(=O)C(C)(Cc2ccccc2)N(C)C(=O)/C1=C/c1cc(OC(F)F)ccc1C#N. The van der Waals surface area contributed by atoms with E-state index in [0.29, 0.717) is 6.42 Å². The molecule has 0 spiro atoms. The van der Waals surface area contributed by atoms with Crippen molar-refractivity contribution in [3.05, 3.63) is 70.9 Å². The molecule has 1 saturated heterocycles. The standard InChI is InChI=1S/C23H21F2N3O3/c1-23(13-15-7-5-4-6-8-15)21(30)27(2)19(20(29)28(23)3)12-17-11-18(31-22(24)25)10-9-16(17)14-26/h4-12,22H,13H2,1-3H3/b19-12-. The number of carbonyl (C=O) groups is 2. The van der Waals surface area contributed by atoms with Gasteiger partial charge in [0.15, 0.2) is 0 Å². The van der Waals surface area contributed by atoms with Crippen molar-refractivity contribution in [3.8, 4) is 11.8 Å². The number of hydrogen-bond acceptors (Lipinski definition) is 4. The molecule has 0 aliphatic carbocycles. The number of piperazine rings is 1. The van der Waals surface area contributed by atoms with E-state index >= 15 is 0 Å². The monoisotopic (exact) mass is 425 g/mol. The fraction of sp³-hybridized carbons (Fsp3) is 0.261. The quantitative estimate of drug-likeness (QED) is 0.688. The van der Waals surface area contributed by atoms with E-state index in [2.05, 4.69) is 4.74 Å². The van der Waals surface area contributed by atoms with Crippen molar-refractivity contribution in [3.63, 3.8) is 0 Å². The predicted molar refractivity (Wildman–Crippen MR) is 110 cm³/mol. The number of halogens is 2. The largest absolute Gasteiger partial charge is 0.435 e. The van der Waals surface area contributed by atoms with Crippen molar-refractivity contribution in [1.82, 2.24) is 9.80 Å². The van der Waals surface area contributed by atoms with Gasteiger partial charge in [0.1, 0.15) is 17.0 Å². The maximum Gasteiger partial charge on any atom is 0.387 e. The first-order chi connectivity index (χ1) is 14.7. The van der Waals surface area contributed by atoms with Gasteiger partial charge in [-0.3, -0.25) is 9.59 Å². The number of ether oxygens (including phenoxy) is 1. The number of hydrogen-bond donors (Lipinski definition) is 0. The van der Waals surface area contributed by atoms with Crippen molar-refractivity contribution in [2.24, 2.45) is 0 Å². The van der Waals surface area contributed by atoms with Crippen LogP contribution in [0.25, 0.3) is 6.08 Å². The molecule has 0 bridgehead atoms. The molecular formula is C23H21F2N3O3. The van der Waals surface area contributed by atoms with Crippen molar-refractivity contribution in [2.75, 3.05) is 14.1 Å². The molecule has 0 aromatic heterocycles. The number of amides is 2. The number of likely N-dealkylation sites (N-methyl/N-ethyl adjacent to an activating group) is 2. The summed E-state index contributed by atoms with van der Waals surface area (Å²) in [5.74, 6) is -0.881. The van der Waals surface area contributed by atoms with E-state index < -0.39 is 18.1 Å². The fourth-order valence-corrected chi connectivity index (χ4v) is 3.59. The average Bonchev–Trinajstić information content (AvgIpc) is 2.75. The van der Waals surface area contributed by atoms with Gasteiger partial charge in [-0.25, -0.2) is 0 Å². The van der Waals surface area contributed by atoms with Crippen LogP contribution in [0.5, 0.6) is 5.75 Å². The molecule has 31 heavy (non-hydrogen) atoms. The Morgan fingerprint density at radius 3 is 2.45 bits per heavy atom. The normalized spacial score (nSPS) is 20.4. The molecule has 2 aromatic rings. The van der Waals surface area contributed by atoms with Crippen LogP contribution in [0.15, 0.2) is 54.2 Å². The number of alkyl halides is 2. The average molecular weight is 425 g/mol. The number of nitrogens with zero attached hydrogens (tertiary/aromatic N) is 3. The minimum Gasteiger partial charge on any atom is -0.435 e. The highest BCUT2D eigenvalue weighted by molar-refractivity contribution is 6.08. The molecule has 2 amide bonds. The van der Waals surface area contributed by atoms with Gasteiger partial charge >= 0.3 is 6.61 Å². The van der Waals surface area contributed by atoms with Crippen molar-refractivity contribution < 1.29 is 23.1 Å². The molecule has 1 aliphatic rings. The van der Waals surface area contributed by atoms with E-state index in [1.54, 1.807) is 14.0 Å². The minimum absolute atomic E-state index is 0.0312. The highest BCUT2D eigenvalue weighted by Crippen LogP contribution is 2.32. The van der Waals surface area contributed by atoms with E-state index in [9.17, 15) is 23.6 Å². The Balaban J connectivity index is 2.00. The molecule has 1 aliphatic heterocycles. The Kier molecular flexibility index (Phi) is 6.07. The highest BCUT2D eigenvalue weighted by atomic mass is 19.3. The predicted octanol–water partition coefficient (Wildman–Crippen LogP) is 3.43. The zero-order chi connectivity index (χ0) is 22.8. The van der Waals surface area contributed by atoms with E-state index in [-0.39, 0.29) is 28.5 Å². The fourth-order valence-electron chi connectivity index (χ4n) is 3.59. The Morgan fingerprint density at radius 2 is 1.84 bits per heavy atom. The first kappa shape index (κ1) is 22.0. The topological polar surface area (TPSA) is 73.6 Å². The third-order valence-electron chi connectivity index (χ3n) is 5.44. The second-order valence-corrected chi connectivity index (χ2v) is 7.43. The molecule has 0 saturated carbocycles. The zero-order valence-corrected chi connectivity index (χ0v) is 17.3. The van der Waals surface area contributed by atoms with Crippen LogP contribution in [0, 0.1) is 11.3 Å². The Labute approximate surface area is 178 Å². The molecule has 1 unspecified atom stereocenters. The number of carbonyl (C=O) groups excluding carboxylic acids is 2. The molecule has 0 N–H and O–H groups in total. The summed E-state index contributed by atoms with van der Waals surface area (Å²) in [6, 6.07) is 15.1. The van der Waals surface area contributed by atoms with Crippen LogP contribution in [-0.4, -0.2) is 47.9 Å². The molecule has 8 heteroatoms. The lowest BCUT2D eigenvalue weighted by atomic mass is 9.87. The number of nitriles is 1. The van der Waals surface area contributed by atoms with E-state index in [4.69, 9.17) is 0 Å². The summed E-state index contributed by atoms with van der Waals surface area (Å²) in [7, 11) is 3.03. The van der Waals surface area contributed by atoms with Crippen LogP contribution in [-0.2, 0) is 16.0 Å². The number of benzene rings is 2. The van der Waals surface area contributed by atoms with Crippen LogP contribution in [0.4, 0.5) is 8.78 Å². The second-order valence-electron chi connectivity index (χ2n) is 7.43. The lowest BCUT2D eigenvalue weighted by Gasteiger charge is -2.45. The first-order valence-electron chi connectivity index (χ1n) is 9.48. The van der Waals surface area contributed by atoms with E-state index in [1.165, 1.54) is 41.1 Å². The van der Waals surface area contributed by atoms with Gasteiger partial charge in [0.05, 0.1) is 11.6 Å². The van der Waals surface area contributed by atoms with Gasteiger partial charge < -0.3 is 14.5 Å². The van der Waals surface area contributed by atoms with E-state index in [0.717, 1.165) is 5.56 Å². The molecule has 160 valence electrons. The lowest BCUT2D eigenvalue weighted by Crippen LogP contribution is -2.64. The third kappa shape index (κ3) is 4.26. The summed E-state index contributed by atoms with van der Waals surface area (Å²) in [6.07, 6.45) is 1.67. The summed E-state index contributed by atoms with van der Waals surface area (Å²) in [5.41, 5.74) is 0.182. The van der Waals surface area contributed by atoms with Crippen LogP contribution in [0.2, 0.25) is 0 Å². The summed E-state index contributed by atoms with van der Waals surface area (Å²) >= 11 is 0. The van der Waals surface area contributed by atoms with Crippen molar-refractivity contribution >= 4 is 17.9 Å². The van der Waals surface area contributed by atoms with Gasteiger partial charge in [-0.1, -0.05) is 30.3 Å². The zero-order valence-electron chi connectivity index (χ0n) is 17.3. The maximum atomic E-state index is 13.3. The van der Waals surface area contributed by atoms with Crippen LogP contribution in [0.3, 0.4) is 0 Å². The van der Waals surface area contributed by atoms with Gasteiger partial charge in [0.25, 0.3) is 11.8 Å².